The van der Waals surface area contributed by atoms with Crippen LogP contribution in [0, 0.1) is 5.82 Å². The number of hydrogen-bond acceptors (Lipinski definition) is 5. The number of nitrogens with one attached hydrogen (secondary N) is 1. The number of fused-ring (bicyclic) bond motifs is 1. The first kappa shape index (κ1) is 22.6. The number of carbonyl (C=O) groups is 1. The van der Waals surface area contributed by atoms with Gasteiger partial charge in [0, 0.05) is 0 Å². The van der Waals surface area contributed by atoms with Crippen LogP contribution >= 0.6 is 0 Å². The van der Waals surface area contributed by atoms with Crippen LogP contribution in [0.25, 0.3) is 0 Å². The molecular weight excluding hydrogens is 447 g/mol. The summed E-state index contributed by atoms with van der Waals surface area (Å²) in [6, 6.07) is 21.2. The molecule has 0 saturated carbocycles. The fourth-order valence-electron chi connectivity index (χ4n) is 3.45. The molecule has 0 unspecified atom stereocenters. The van der Waals surface area contributed by atoms with Crippen molar-refractivity contribution < 1.29 is 27.1 Å². The Balaban J connectivity index is 1.42. The molecule has 1 aliphatic rings. The largest absolute Gasteiger partial charge is 0.492 e. The fraction of sp³-hybridized carbons (Fsp3) is 0.208. The van der Waals surface area contributed by atoms with Crippen LogP contribution in [-0.4, -0.2) is 40.1 Å². The number of para-hydroxylation sites is 2. The van der Waals surface area contributed by atoms with Gasteiger partial charge in [-0.3, -0.25) is 9.10 Å². The summed E-state index contributed by atoms with van der Waals surface area (Å²) in [5, 5.41) is 2.70. The molecule has 3 aromatic carbocycles. The summed E-state index contributed by atoms with van der Waals surface area (Å²) in [4.78, 5) is 12.7. The van der Waals surface area contributed by atoms with Crippen molar-refractivity contribution in [2.24, 2.45) is 0 Å². The van der Waals surface area contributed by atoms with Crippen LogP contribution < -0.4 is 19.1 Å². The number of hydrogen-bond donors (Lipinski definition) is 1. The van der Waals surface area contributed by atoms with Gasteiger partial charge in [-0.1, -0.05) is 42.5 Å². The molecule has 1 heterocycles. The molecule has 1 aliphatic heterocycles. The summed E-state index contributed by atoms with van der Waals surface area (Å²) in [6.07, 6.45) is -1.02. The van der Waals surface area contributed by atoms with Crippen LogP contribution in [0.15, 0.2) is 78.9 Å². The molecule has 7 nitrogen and oxygen atoms in total. The Labute approximate surface area is 191 Å². The lowest BCUT2D eigenvalue weighted by Gasteiger charge is -2.34. The molecule has 0 aromatic heterocycles. The lowest BCUT2D eigenvalue weighted by Crippen LogP contribution is -2.51. The number of benzene rings is 3. The van der Waals surface area contributed by atoms with E-state index in [1.807, 2.05) is 6.07 Å². The first-order valence-electron chi connectivity index (χ1n) is 10.4. The van der Waals surface area contributed by atoms with Crippen molar-refractivity contribution >= 4 is 21.6 Å². The molecule has 0 bridgehead atoms. The molecule has 0 aliphatic carbocycles. The summed E-state index contributed by atoms with van der Waals surface area (Å²) in [6.45, 7) is 0.196. The lowest BCUT2D eigenvalue weighted by molar-refractivity contribution is -0.127. The summed E-state index contributed by atoms with van der Waals surface area (Å²) >= 11 is 0. The highest BCUT2D eigenvalue weighted by Gasteiger charge is 2.36. The van der Waals surface area contributed by atoms with Crippen molar-refractivity contribution in [1.29, 1.82) is 0 Å². The third-order valence-corrected chi connectivity index (χ3v) is 6.75. The maximum absolute atomic E-state index is 13.2. The highest BCUT2D eigenvalue weighted by Crippen LogP contribution is 2.35. The first-order chi connectivity index (χ1) is 15.9. The van der Waals surface area contributed by atoms with E-state index in [2.05, 4.69) is 5.32 Å². The maximum Gasteiger partial charge on any atom is 0.263 e. The van der Waals surface area contributed by atoms with E-state index in [4.69, 9.17) is 9.47 Å². The van der Waals surface area contributed by atoms with Crippen LogP contribution in [0.4, 0.5) is 10.1 Å². The number of halogens is 1. The van der Waals surface area contributed by atoms with Crippen LogP contribution in [-0.2, 0) is 20.6 Å². The number of nitrogens with zero attached hydrogens (tertiary/aromatic N) is 1. The van der Waals surface area contributed by atoms with E-state index in [0.717, 1.165) is 0 Å². The number of ether oxygens (including phenoxy) is 2. The van der Waals surface area contributed by atoms with Gasteiger partial charge < -0.3 is 14.8 Å². The molecule has 9 heteroatoms. The minimum atomic E-state index is -3.76. The van der Waals surface area contributed by atoms with E-state index >= 15 is 0 Å². The summed E-state index contributed by atoms with van der Waals surface area (Å²) in [5.74, 6) is -0.207. The first-order valence-corrected chi connectivity index (χ1v) is 12.0. The second-order valence-electron chi connectivity index (χ2n) is 7.44. The van der Waals surface area contributed by atoms with Crippen molar-refractivity contribution in [2.75, 3.05) is 24.0 Å². The average Bonchev–Trinajstić information content (AvgIpc) is 2.82. The van der Waals surface area contributed by atoms with E-state index in [0.29, 0.717) is 22.7 Å². The Morgan fingerprint density at radius 2 is 1.73 bits per heavy atom. The van der Waals surface area contributed by atoms with Gasteiger partial charge >= 0.3 is 0 Å². The zero-order chi connectivity index (χ0) is 23.3. The van der Waals surface area contributed by atoms with Crippen molar-refractivity contribution in [1.82, 2.24) is 5.32 Å². The van der Waals surface area contributed by atoms with Gasteiger partial charge in [0.2, 0.25) is 10.0 Å². The van der Waals surface area contributed by atoms with Gasteiger partial charge in [-0.25, -0.2) is 12.8 Å². The van der Waals surface area contributed by atoms with E-state index in [1.165, 1.54) is 28.6 Å². The zero-order valence-electron chi connectivity index (χ0n) is 17.7. The number of carbonyl (C=O) groups excluding carboxylic acids is 1. The Morgan fingerprint density at radius 3 is 2.48 bits per heavy atom. The van der Waals surface area contributed by atoms with E-state index in [9.17, 15) is 17.6 Å². The van der Waals surface area contributed by atoms with E-state index < -0.39 is 22.0 Å². The zero-order valence-corrected chi connectivity index (χ0v) is 18.5. The average molecular weight is 471 g/mol. The molecule has 0 spiro atoms. The Kier molecular flexibility index (Phi) is 6.79. The van der Waals surface area contributed by atoms with Gasteiger partial charge in [0.25, 0.3) is 5.91 Å². The lowest BCUT2D eigenvalue weighted by atomic mass is 10.2. The molecule has 1 amide bonds. The molecular formula is C24H23FN2O5S. The Morgan fingerprint density at radius 1 is 1.03 bits per heavy atom. The highest BCUT2D eigenvalue weighted by atomic mass is 32.2. The van der Waals surface area contributed by atoms with Gasteiger partial charge in [-0.2, -0.15) is 0 Å². The molecule has 1 atom stereocenters. The van der Waals surface area contributed by atoms with Gasteiger partial charge in [0.1, 0.15) is 23.9 Å². The predicted molar refractivity (Wildman–Crippen MR) is 122 cm³/mol. The highest BCUT2D eigenvalue weighted by molar-refractivity contribution is 7.92. The summed E-state index contributed by atoms with van der Waals surface area (Å²) in [7, 11) is -3.76. The van der Waals surface area contributed by atoms with Crippen molar-refractivity contribution in [3.05, 3.63) is 90.2 Å². The summed E-state index contributed by atoms with van der Waals surface area (Å²) in [5.41, 5.74) is 1.05. The predicted octanol–water partition coefficient (Wildman–Crippen LogP) is 3.12. The van der Waals surface area contributed by atoms with Crippen molar-refractivity contribution in [3.8, 4) is 11.5 Å². The van der Waals surface area contributed by atoms with Crippen LogP contribution in [0.1, 0.15) is 5.56 Å². The van der Waals surface area contributed by atoms with Crippen LogP contribution in [0.3, 0.4) is 0 Å². The molecule has 33 heavy (non-hydrogen) atoms. The van der Waals surface area contributed by atoms with Crippen molar-refractivity contribution in [3.63, 3.8) is 0 Å². The quantitative estimate of drug-likeness (QED) is 0.512. The molecule has 4 rings (SSSR count). The SMILES string of the molecule is O=C(NCCOc1ccc(F)cc1)[C@@H]1CN(S(=O)(=O)Cc2ccccc2)c2ccccc2O1. The normalized spacial score (nSPS) is 15.3. The smallest absolute Gasteiger partial charge is 0.263 e. The molecule has 172 valence electrons. The van der Waals surface area contributed by atoms with Gasteiger partial charge in [-0.05, 0) is 42.0 Å². The van der Waals surface area contributed by atoms with Crippen LogP contribution in [0.5, 0.6) is 11.5 Å². The maximum atomic E-state index is 13.2. The monoisotopic (exact) mass is 470 g/mol. The minimum Gasteiger partial charge on any atom is -0.492 e. The number of sulfonamides is 1. The molecule has 0 radical (unpaired) electrons. The molecule has 3 aromatic rings. The van der Waals surface area contributed by atoms with Crippen molar-refractivity contribution in [2.45, 2.75) is 11.9 Å². The van der Waals surface area contributed by atoms with Crippen LogP contribution in [0.2, 0.25) is 0 Å². The van der Waals surface area contributed by atoms with Gasteiger partial charge in [0.05, 0.1) is 24.5 Å². The number of anilines is 1. The summed E-state index contributed by atoms with van der Waals surface area (Å²) < 4.78 is 51.9. The second-order valence-corrected chi connectivity index (χ2v) is 9.33. The standard InChI is InChI=1S/C24H23FN2O5S/c25-19-10-12-20(13-11-19)31-15-14-26-24(28)23-16-27(21-8-4-5-9-22(21)32-23)33(29,30)17-18-6-2-1-3-7-18/h1-13,23H,14-17H2,(H,26,28)/t23-/m0/s1. The van der Waals surface area contributed by atoms with E-state index in [-0.39, 0.29) is 31.3 Å². The Bertz CT molecular complexity index is 1200. The van der Waals surface area contributed by atoms with Gasteiger partial charge in [-0.15, -0.1) is 0 Å². The molecule has 0 fully saturated rings. The minimum absolute atomic E-state index is 0.142. The molecule has 1 N–H and O–H groups in total. The Hall–Kier alpha value is -3.59. The topological polar surface area (TPSA) is 84.9 Å². The third kappa shape index (κ3) is 5.61. The van der Waals surface area contributed by atoms with E-state index in [1.54, 1.807) is 48.5 Å². The fourth-order valence-corrected chi connectivity index (χ4v) is 5.04. The number of amides is 1. The molecule has 0 saturated heterocycles. The second kappa shape index (κ2) is 9.91. The third-order valence-electron chi connectivity index (χ3n) is 5.04. The van der Waals surface area contributed by atoms with Gasteiger partial charge in [0.15, 0.2) is 6.10 Å². The number of rotatable bonds is 8.